The number of amides is 1. The van der Waals surface area contributed by atoms with E-state index in [9.17, 15) is 14.7 Å². The molecule has 2 aliphatic rings. The zero-order valence-corrected chi connectivity index (χ0v) is 13.1. The molecule has 1 saturated heterocycles. The fraction of sp³-hybridized carbons (Fsp3) is 0.625. The summed E-state index contributed by atoms with van der Waals surface area (Å²) < 4.78 is 0. The number of carbonyl (C=O) groups excluding carboxylic acids is 1. The molecule has 1 aliphatic carbocycles. The van der Waals surface area contributed by atoms with Crippen molar-refractivity contribution in [1.82, 2.24) is 4.90 Å². The standard InChI is InChI=1S/C16H21NO3S/c1-16(15(19)20)8-2-3-9-17(16)14(18)12-5-4-6-13-11(12)7-10-21-13/h7,10,12H,2-6,8-9H2,1H3,(H,19,20). The molecule has 4 nitrogen and oxygen atoms in total. The highest BCUT2D eigenvalue weighted by Crippen LogP contribution is 2.39. The molecule has 0 aromatic carbocycles. The number of aliphatic carboxylic acids is 1. The van der Waals surface area contributed by atoms with Gasteiger partial charge in [-0.15, -0.1) is 11.3 Å². The van der Waals surface area contributed by atoms with E-state index >= 15 is 0 Å². The first-order valence-corrected chi connectivity index (χ1v) is 8.53. The summed E-state index contributed by atoms with van der Waals surface area (Å²) >= 11 is 1.71. The molecule has 2 unspecified atom stereocenters. The Labute approximate surface area is 128 Å². The van der Waals surface area contributed by atoms with Gasteiger partial charge in [-0.3, -0.25) is 4.79 Å². The van der Waals surface area contributed by atoms with Crippen LogP contribution >= 0.6 is 11.3 Å². The van der Waals surface area contributed by atoms with Crippen molar-refractivity contribution in [2.75, 3.05) is 6.54 Å². The number of carboxylic acids is 1. The van der Waals surface area contributed by atoms with E-state index in [0.717, 1.165) is 37.7 Å². The summed E-state index contributed by atoms with van der Waals surface area (Å²) in [5.41, 5.74) is 0.0951. The van der Waals surface area contributed by atoms with E-state index in [1.807, 2.05) is 11.4 Å². The molecule has 1 aliphatic heterocycles. The average molecular weight is 307 g/mol. The third-order valence-corrected chi connectivity index (χ3v) is 5.96. The maximum absolute atomic E-state index is 13.0. The molecule has 1 fully saturated rings. The van der Waals surface area contributed by atoms with Crippen LogP contribution in [0.15, 0.2) is 11.4 Å². The van der Waals surface area contributed by atoms with Crippen molar-refractivity contribution in [2.45, 2.75) is 56.9 Å². The predicted octanol–water partition coefficient (Wildman–Crippen LogP) is 3.02. The van der Waals surface area contributed by atoms with Gasteiger partial charge in [0.25, 0.3) is 0 Å². The molecular weight excluding hydrogens is 286 g/mol. The van der Waals surface area contributed by atoms with Crippen LogP contribution in [0.1, 0.15) is 55.4 Å². The maximum atomic E-state index is 13.0. The number of hydrogen-bond acceptors (Lipinski definition) is 3. The van der Waals surface area contributed by atoms with Crippen molar-refractivity contribution < 1.29 is 14.7 Å². The van der Waals surface area contributed by atoms with Crippen molar-refractivity contribution >= 4 is 23.2 Å². The van der Waals surface area contributed by atoms with Gasteiger partial charge in [-0.25, -0.2) is 4.79 Å². The zero-order chi connectivity index (χ0) is 15.0. The van der Waals surface area contributed by atoms with E-state index in [1.54, 1.807) is 23.2 Å². The number of carbonyl (C=O) groups is 2. The number of carboxylic acid groups (broad SMARTS) is 1. The Hall–Kier alpha value is -1.36. The average Bonchev–Trinajstić information content (AvgIpc) is 2.95. The highest BCUT2D eigenvalue weighted by molar-refractivity contribution is 7.10. The monoisotopic (exact) mass is 307 g/mol. The molecule has 0 bridgehead atoms. The summed E-state index contributed by atoms with van der Waals surface area (Å²) in [5.74, 6) is -1.01. The smallest absolute Gasteiger partial charge is 0.329 e. The molecular formula is C16H21NO3S. The van der Waals surface area contributed by atoms with Gasteiger partial charge >= 0.3 is 5.97 Å². The molecule has 0 spiro atoms. The van der Waals surface area contributed by atoms with Crippen molar-refractivity contribution in [2.24, 2.45) is 0 Å². The van der Waals surface area contributed by atoms with Crippen LogP contribution in [0.3, 0.4) is 0 Å². The van der Waals surface area contributed by atoms with Crippen LogP contribution in [0.4, 0.5) is 0 Å². The summed E-state index contributed by atoms with van der Waals surface area (Å²) in [4.78, 5) is 27.6. The van der Waals surface area contributed by atoms with E-state index in [4.69, 9.17) is 0 Å². The second-order valence-electron chi connectivity index (χ2n) is 6.27. The Balaban J connectivity index is 1.90. The highest BCUT2D eigenvalue weighted by Gasteiger charge is 2.46. The van der Waals surface area contributed by atoms with E-state index in [0.29, 0.717) is 13.0 Å². The van der Waals surface area contributed by atoms with Crippen LogP contribution in [0, 0.1) is 0 Å². The van der Waals surface area contributed by atoms with Crippen LogP contribution < -0.4 is 0 Å². The van der Waals surface area contributed by atoms with E-state index in [2.05, 4.69) is 0 Å². The third-order valence-electron chi connectivity index (χ3n) is 4.97. The first-order valence-electron chi connectivity index (χ1n) is 7.65. The Bertz CT molecular complexity index is 568. The molecule has 0 saturated carbocycles. The lowest BCUT2D eigenvalue weighted by atomic mass is 9.82. The number of piperidine rings is 1. The van der Waals surface area contributed by atoms with Crippen LogP contribution in [0.25, 0.3) is 0 Å². The van der Waals surface area contributed by atoms with Gasteiger partial charge in [0.05, 0.1) is 5.92 Å². The van der Waals surface area contributed by atoms with E-state index in [1.165, 1.54) is 4.88 Å². The lowest BCUT2D eigenvalue weighted by molar-refractivity contribution is -0.161. The summed E-state index contributed by atoms with van der Waals surface area (Å²) in [6.07, 6.45) is 5.24. The summed E-state index contributed by atoms with van der Waals surface area (Å²) in [7, 11) is 0. The van der Waals surface area contributed by atoms with Crippen molar-refractivity contribution in [3.8, 4) is 0 Å². The number of fused-ring (bicyclic) bond motifs is 1. The van der Waals surface area contributed by atoms with Crippen molar-refractivity contribution in [3.05, 3.63) is 21.9 Å². The SMILES string of the molecule is CC1(C(=O)O)CCCCN1C(=O)C1CCCc2sccc21. The lowest BCUT2D eigenvalue weighted by Gasteiger charge is -2.43. The molecule has 0 radical (unpaired) electrons. The topological polar surface area (TPSA) is 57.6 Å². The lowest BCUT2D eigenvalue weighted by Crippen LogP contribution is -2.58. The highest BCUT2D eigenvalue weighted by atomic mass is 32.1. The van der Waals surface area contributed by atoms with Crippen LogP contribution in [0.2, 0.25) is 0 Å². The second kappa shape index (κ2) is 5.44. The fourth-order valence-electron chi connectivity index (χ4n) is 3.63. The molecule has 5 heteroatoms. The first-order chi connectivity index (χ1) is 10.0. The molecule has 3 rings (SSSR count). The van der Waals surface area contributed by atoms with Gasteiger partial charge in [0, 0.05) is 11.4 Å². The van der Waals surface area contributed by atoms with Crippen LogP contribution in [-0.2, 0) is 16.0 Å². The Morgan fingerprint density at radius 1 is 1.38 bits per heavy atom. The predicted molar refractivity (Wildman–Crippen MR) is 81.6 cm³/mol. The Kier molecular flexibility index (Phi) is 3.78. The van der Waals surface area contributed by atoms with Gasteiger partial charge in [0.1, 0.15) is 5.54 Å². The molecule has 1 aromatic rings. The van der Waals surface area contributed by atoms with E-state index < -0.39 is 11.5 Å². The van der Waals surface area contributed by atoms with E-state index in [-0.39, 0.29) is 11.8 Å². The number of aryl methyl sites for hydroxylation is 1. The van der Waals surface area contributed by atoms with Gasteiger partial charge in [-0.1, -0.05) is 0 Å². The minimum Gasteiger partial charge on any atom is -0.480 e. The number of thiophene rings is 1. The molecule has 2 atom stereocenters. The van der Waals surface area contributed by atoms with Crippen molar-refractivity contribution in [3.63, 3.8) is 0 Å². The third kappa shape index (κ3) is 2.37. The summed E-state index contributed by atoms with van der Waals surface area (Å²) in [6, 6.07) is 2.05. The maximum Gasteiger partial charge on any atom is 0.329 e. The minimum absolute atomic E-state index is 0.0129. The fourth-order valence-corrected chi connectivity index (χ4v) is 4.62. The van der Waals surface area contributed by atoms with Crippen molar-refractivity contribution in [1.29, 1.82) is 0 Å². The Morgan fingerprint density at radius 2 is 2.19 bits per heavy atom. The number of nitrogens with zero attached hydrogens (tertiary/aromatic N) is 1. The van der Waals surface area contributed by atoms with Gasteiger partial charge in [-0.2, -0.15) is 0 Å². The van der Waals surface area contributed by atoms with Gasteiger partial charge in [0.15, 0.2) is 0 Å². The number of hydrogen-bond donors (Lipinski definition) is 1. The Morgan fingerprint density at radius 3 is 2.95 bits per heavy atom. The molecule has 1 amide bonds. The molecule has 114 valence electrons. The first kappa shape index (κ1) is 14.6. The molecule has 1 aromatic heterocycles. The van der Waals surface area contributed by atoms with Gasteiger partial charge in [-0.05, 0) is 62.5 Å². The second-order valence-corrected chi connectivity index (χ2v) is 7.27. The van der Waals surface area contributed by atoms with Gasteiger partial charge in [0.2, 0.25) is 5.91 Å². The number of likely N-dealkylation sites (tertiary alicyclic amines) is 1. The van der Waals surface area contributed by atoms with Crippen LogP contribution in [0.5, 0.6) is 0 Å². The van der Waals surface area contributed by atoms with Gasteiger partial charge < -0.3 is 10.0 Å². The van der Waals surface area contributed by atoms with Crippen LogP contribution in [-0.4, -0.2) is 34.0 Å². The minimum atomic E-state index is -1.04. The quantitative estimate of drug-likeness (QED) is 0.913. The number of rotatable bonds is 2. The molecule has 21 heavy (non-hydrogen) atoms. The molecule has 2 heterocycles. The largest absolute Gasteiger partial charge is 0.480 e. The molecule has 1 N–H and O–H groups in total. The summed E-state index contributed by atoms with van der Waals surface area (Å²) in [6.45, 7) is 2.27. The normalized spacial score (nSPS) is 29.0. The summed E-state index contributed by atoms with van der Waals surface area (Å²) in [5, 5.41) is 11.6. The zero-order valence-electron chi connectivity index (χ0n) is 12.3.